The van der Waals surface area contributed by atoms with Gasteiger partial charge >= 0.3 is 0 Å². The van der Waals surface area contributed by atoms with Crippen molar-refractivity contribution in [2.75, 3.05) is 11.4 Å². The van der Waals surface area contributed by atoms with Crippen LogP contribution in [0.25, 0.3) is 56.4 Å². The van der Waals surface area contributed by atoms with Crippen LogP contribution in [-0.4, -0.2) is 16.8 Å². The number of nitrogens with one attached hydrogen (secondary N) is 1. The zero-order chi connectivity index (χ0) is 41.6. The minimum Gasteiger partial charge on any atom is -0.680 e. The van der Waals surface area contributed by atoms with Crippen LogP contribution in [-0.2, 0) is 0 Å². The van der Waals surface area contributed by atoms with Gasteiger partial charge in [-0.05, 0) is 118 Å². The van der Waals surface area contributed by atoms with Crippen LogP contribution in [0.5, 0.6) is 0 Å². The topological polar surface area (TPSA) is 94.2 Å². The van der Waals surface area contributed by atoms with E-state index in [-0.39, 0.29) is 0 Å². The van der Waals surface area contributed by atoms with E-state index in [4.69, 9.17) is 10.3 Å². The van der Waals surface area contributed by atoms with E-state index in [0.717, 1.165) is 95.1 Å². The van der Waals surface area contributed by atoms with Crippen molar-refractivity contribution >= 4 is 68.1 Å². The number of anilines is 3. The number of hydrogen-bond donors (Lipinski definition) is 1. The highest BCUT2D eigenvalue weighted by Crippen LogP contribution is 2.43. The molecule has 62 heavy (non-hydrogen) atoms. The molecule has 0 spiro atoms. The van der Waals surface area contributed by atoms with Gasteiger partial charge in [0.25, 0.3) is 0 Å². The number of benzene rings is 7. The fourth-order valence-electron chi connectivity index (χ4n) is 8.74. The number of hydrogen-bond acceptors (Lipinski definition) is 5. The number of nitrogens with zero attached hydrogens (tertiary/aromatic N) is 6. The van der Waals surface area contributed by atoms with Crippen molar-refractivity contribution in [1.29, 1.82) is 10.5 Å². The highest BCUT2D eigenvalue weighted by atomic mass is 15.1. The SMILES string of the molecule is N#Cc1ccc(C2N=C(C3=CC=C(c4ccc5c(c4)C=Cc4ccccc4N5c4ccccc4)[N-]C3)C=C(c3ccc4c(c3)c3ccc(C#N)cc3n4-c3ccccc3)N2)cc1. The molecule has 11 rings (SSSR count). The molecule has 1 unspecified atom stereocenters. The van der Waals surface area contributed by atoms with Gasteiger partial charge in [-0.1, -0.05) is 109 Å². The van der Waals surface area contributed by atoms with Crippen LogP contribution < -0.4 is 10.2 Å². The second kappa shape index (κ2) is 15.2. The van der Waals surface area contributed by atoms with E-state index in [2.05, 4.69) is 154 Å². The highest BCUT2D eigenvalue weighted by molar-refractivity contribution is 6.15. The zero-order valence-electron chi connectivity index (χ0n) is 33.4. The Morgan fingerprint density at radius 2 is 1.31 bits per heavy atom. The molecule has 0 saturated carbocycles. The monoisotopic (exact) mass is 794 g/mol. The standard InChI is InChI=1S/C55H36N7/c56-33-36-15-18-39(19-16-36)55-59-49(41-24-28-53-47(31-41)46-25-17-37(34-57)29-54(46)62(53)45-12-5-2-6-13-45)32-50(60-55)43-22-26-48(58-35-43)40-23-27-52-42(30-40)21-20-38-9-7-8-14-51(38)61(52)44-10-3-1-4-11-44/h1-32,55,59H,35H2/q-1. The van der Waals surface area contributed by atoms with Gasteiger partial charge in [0.2, 0.25) is 0 Å². The van der Waals surface area contributed by atoms with E-state index >= 15 is 0 Å². The molecule has 0 radical (unpaired) electrons. The van der Waals surface area contributed by atoms with E-state index < -0.39 is 6.17 Å². The molecule has 3 aliphatic heterocycles. The number of allylic oxidation sites excluding steroid dienone is 3. The summed E-state index contributed by atoms with van der Waals surface area (Å²) >= 11 is 0. The van der Waals surface area contributed by atoms with Crippen molar-refractivity contribution in [3.8, 4) is 17.8 Å². The molecule has 7 aromatic carbocycles. The van der Waals surface area contributed by atoms with Gasteiger partial charge in [0, 0.05) is 27.8 Å². The third-order valence-electron chi connectivity index (χ3n) is 11.8. The van der Waals surface area contributed by atoms with Gasteiger partial charge in [-0.15, -0.1) is 12.2 Å². The van der Waals surface area contributed by atoms with Gasteiger partial charge in [-0.2, -0.15) is 10.5 Å². The normalized spacial score (nSPS) is 15.4. The van der Waals surface area contributed by atoms with E-state index in [0.29, 0.717) is 17.7 Å². The Hall–Kier alpha value is -8.65. The first-order chi connectivity index (χ1) is 30.6. The minimum atomic E-state index is -0.392. The number of fused-ring (bicyclic) bond motifs is 5. The average Bonchev–Trinajstić information content (AvgIpc) is 3.57. The summed E-state index contributed by atoms with van der Waals surface area (Å²) in [5, 5.41) is 30.3. The summed E-state index contributed by atoms with van der Waals surface area (Å²) in [6, 6.07) is 60.4. The van der Waals surface area contributed by atoms with Crippen LogP contribution in [0.4, 0.5) is 17.1 Å². The number of nitriles is 2. The first kappa shape index (κ1) is 36.4. The third kappa shape index (κ3) is 6.42. The van der Waals surface area contributed by atoms with Gasteiger partial charge in [0.05, 0.1) is 51.4 Å². The Bertz CT molecular complexity index is 3340. The van der Waals surface area contributed by atoms with E-state index in [1.54, 1.807) is 0 Å². The summed E-state index contributed by atoms with van der Waals surface area (Å²) in [6.07, 6.45) is 10.4. The maximum Gasteiger partial charge on any atom is 0.145 e. The fourth-order valence-corrected chi connectivity index (χ4v) is 8.74. The van der Waals surface area contributed by atoms with Gasteiger partial charge in [0.15, 0.2) is 0 Å². The maximum absolute atomic E-state index is 9.80. The Balaban J connectivity index is 0.975. The first-order valence-electron chi connectivity index (χ1n) is 20.6. The van der Waals surface area contributed by atoms with E-state index in [1.807, 2.05) is 66.7 Å². The molecule has 0 amide bonds. The lowest BCUT2D eigenvalue weighted by Crippen LogP contribution is -2.26. The lowest BCUT2D eigenvalue weighted by Gasteiger charge is -2.33. The molecule has 3 aliphatic rings. The number of aromatic nitrogens is 1. The van der Waals surface area contributed by atoms with Gasteiger partial charge in [-0.25, -0.2) is 0 Å². The molecule has 0 aliphatic carbocycles. The maximum atomic E-state index is 9.80. The van der Waals surface area contributed by atoms with Crippen molar-refractivity contribution in [3.05, 3.63) is 232 Å². The second-order valence-corrected chi connectivity index (χ2v) is 15.5. The molecule has 7 nitrogen and oxygen atoms in total. The smallest absolute Gasteiger partial charge is 0.145 e. The number of rotatable bonds is 6. The Kier molecular flexibility index (Phi) is 8.92. The van der Waals surface area contributed by atoms with Crippen molar-refractivity contribution in [1.82, 2.24) is 9.88 Å². The summed E-state index contributed by atoms with van der Waals surface area (Å²) in [5.41, 5.74) is 16.6. The molecule has 1 N–H and O–H groups in total. The Morgan fingerprint density at radius 3 is 2.08 bits per heavy atom. The van der Waals surface area contributed by atoms with Crippen molar-refractivity contribution in [3.63, 3.8) is 0 Å². The molecule has 292 valence electrons. The van der Waals surface area contributed by atoms with Crippen molar-refractivity contribution in [2.45, 2.75) is 6.17 Å². The lowest BCUT2D eigenvalue weighted by atomic mass is 9.97. The predicted molar refractivity (Wildman–Crippen MR) is 252 cm³/mol. The molecule has 4 heterocycles. The molecular formula is C55H36N7-. The van der Waals surface area contributed by atoms with Crippen LogP contribution in [0.3, 0.4) is 0 Å². The van der Waals surface area contributed by atoms with Gasteiger partial charge in [-0.3, -0.25) is 4.99 Å². The average molecular weight is 795 g/mol. The fraction of sp³-hybridized carbons (Fsp3) is 0.0364. The van der Waals surface area contributed by atoms with Crippen LogP contribution in [0, 0.1) is 22.7 Å². The summed E-state index contributed by atoms with van der Waals surface area (Å²) in [6.45, 7) is 0.466. The highest BCUT2D eigenvalue weighted by Gasteiger charge is 2.23. The summed E-state index contributed by atoms with van der Waals surface area (Å²) < 4.78 is 2.22. The summed E-state index contributed by atoms with van der Waals surface area (Å²) in [7, 11) is 0. The molecular weight excluding hydrogens is 759 g/mol. The minimum absolute atomic E-state index is 0.392. The molecule has 0 saturated heterocycles. The van der Waals surface area contributed by atoms with Gasteiger partial charge in [0.1, 0.15) is 6.17 Å². The first-order valence-corrected chi connectivity index (χ1v) is 20.6. The van der Waals surface area contributed by atoms with Crippen LogP contribution >= 0.6 is 0 Å². The van der Waals surface area contributed by atoms with Crippen molar-refractivity contribution in [2.24, 2.45) is 4.99 Å². The molecule has 1 atom stereocenters. The molecule has 8 aromatic rings. The third-order valence-corrected chi connectivity index (χ3v) is 11.8. The summed E-state index contributed by atoms with van der Waals surface area (Å²) in [5.74, 6) is 0. The second-order valence-electron chi connectivity index (χ2n) is 15.5. The van der Waals surface area contributed by atoms with E-state index in [1.165, 1.54) is 0 Å². The van der Waals surface area contributed by atoms with E-state index in [9.17, 15) is 10.5 Å². The van der Waals surface area contributed by atoms with Crippen molar-refractivity contribution < 1.29 is 0 Å². The molecule has 0 fully saturated rings. The van der Waals surface area contributed by atoms with Gasteiger partial charge < -0.3 is 20.1 Å². The van der Waals surface area contributed by atoms with Crippen LogP contribution in [0.2, 0.25) is 0 Å². The quantitative estimate of drug-likeness (QED) is 0.181. The predicted octanol–water partition coefficient (Wildman–Crippen LogP) is 12.9. The Morgan fingerprint density at radius 1 is 0.597 bits per heavy atom. The number of para-hydroxylation sites is 3. The number of aliphatic imine (C=N–C) groups is 1. The van der Waals surface area contributed by atoms with Crippen LogP contribution in [0.1, 0.15) is 45.1 Å². The zero-order valence-corrected chi connectivity index (χ0v) is 33.4. The Labute approximate surface area is 359 Å². The molecule has 0 bridgehead atoms. The largest absolute Gasteiger partial charge is 0.680 e. The lowest BCUT2D eigenvalue weighted by molar-refractivity contribution is 0.663. The van der Waals surface area contributed by atoms with Crippen LogP contribution in [0.15, 0.2) is 193 Å². The molecule has 7 heteroatoms. The summed E-state index contributed by atoms with van der Waals surface area (Å²) in [4.78, 5) is 7.57. The molecule has 1 aromatic heterocycles.